The van der Waals surface area contributed by atoms with E-state index in [1.54, 1.807) is 0 Å². The lowest BCUT2D eigenvalue weighted by Crippen LogP contribution is -2.41. The highest BCUT2D eigenvalue weighted by Gasteiger charge is 2.39. The largest absolute Gasteiger partial charge is 0.367 e. The third kappa shape index (κ3) is 1.53. The molecule has 3 N–H and O–H groups in total. The molecule has 0 radical (unpaired) electrons. The van der Waals surface area contributed by atoms with Crippen LogP contribution in [0.15, 0.2) is 30.3 Å². The molecule has 1 aromatic carbocycles. The molecule has 1 aliphatic carbocycles. The van der Waals surface area contributed by atoms with Gasteiger partial charge in [-0.15, -0.1) is 0 Å². The second kappa shape index (κ2) is 3.50. The molecule has 2 heterocycles. The van der Waals surface area contributed by atoms with E-state index >= 15 is 0 Å². The molecule has 17 heavy (non-hydrogen) atoms. The number of piperidine rings is 1. The summed E-state index contributed by atoms with van der Waals surface area (Å²) in [6.07, 6.45) is 2.66. The zero-order chi connectivity index (χ0) is 11.2. The van der Waals surface area contributed by atoms with Crippen molar-refractivity contribution in [3.8, 4) is 0 Å². The molecule has 0 amide bonds. The zero-order valence-electron chi connectivity index (χ0n) is 9.74. The van der Waals surface area contributed by atoms with Gasteiger partial charge in [0.2, 0.25) is 0 Å². The Morgan fingerprint density at radius 2 is 2.12 bits per heavy atom. The number of fused-ring (bicyclic) bond motifs is 3. The van der Waals surface area contributed by atoms with Crippen LogP contribution in [0.25, 0.3) is 10.9 Å². The maximum atomic E-state index is 3.64. The number of H-pyrrole nitrogens is 1. The Kier molecular flexibility index (Phi) is 1.97. The van der Waals surface area contributed by atoms with Gasteiger partial charge in [0.1, 0.15) is 5.82 Å². The molecule has 3 heteroatoms. The van der Waals surface area contributed by atoms with E-state index in [0.717, 1.165) is 11.7 Å². The van der Waals surface area contributed by atoms with E-state index in [9.17, 15) is 0 Å². The Hall–Kier alpha value is -1.48. The maximum absolute atomic E-state index is 3.64. The van der Waals surface area contributed by atoms with Crippen LogP contribution in [0.2, 0.25) is 0 Å². The molecular formula is C14H17N3. The van der Waals surface area contributed by atoms with Crippen molar-refractivity contribution in [3.05, 3.63) is 30.3 Å². The molecule has 2 aromatic rings. The first-order valence-electron chi connectivity index (χ1n) is 6.46. The first kappa shape index (κ1) is 9.54. The van der Waals surface area contributed by atoms with E-state index in [2.05, 4.69) is 45.9 Å². The molecule has 3 nitrogen and oxygen atoms in total. The van der Waals surface area contributed by atoms with Crippen molar-refractivity contribution in [2.24, 2.45) is 5.92 Å². The number of aromatic amines is 1. The topological polar surface area (TPSA) is 39.9 Å². The highest BCUT2D eigenvalue weighted by atomic mass is 15.1. The van der Waals surface area contributed by atoms with E-state index in [-0.39, 0.29) is 0 Å². The molecule has 4 rings (SSSR count). The van der Waals surface area contributed by atoms with Crippen LogP contribution >= 0.6 is 0 Å². The SMILES string of the molecule is c1ccc2[nH]c(NC3C[C@@H]4CN[C@H]3C4)cc2c1. The van der Waals surface area contributed by atoms with Crippen LogP contribution in [0.5, 0.6) is 0 Å². The van der Waals surface area contributed by atoms with Crippen LogP contribution in [0.1, 0.15) is 12.8 Å². The first-order valence-corrected chi connectivity index (χ1v) is 6.46. The van der Waals surface area contributed by atoms with Gasteiger partial charge in [0.25, 0.3) is 0 Å². The third-order valence-electron chi connectivity index (χ3n) is 4.20. The van der Waals surface area contributed by atoms with Crippen LogP contribution in [0.3, 0.4) is 0 Å². The number of para-hydroxylation sites is 1. The van der Waals surface area contributed by atoms with Crippen molar-refractivity contribution < 1.29 is 0 Å². The molecule has 2 fully saturated rings. The predicted molar refractivity (Wildman–Crippen MR) is 70.2 cm³/mol. The minimum absolute atomic E-state index is 0.599. The van der Waals surface area contributed by atoms with Crippen molar-refractivity contribution >= 4 is 16.7 Å². The Bertz CT molecular complexity index is 512. The maximum Gasteiger partial charge on any atom is 0.104 e. The molecule has 1 saturated carbocycles. The molecule has 1 saturated heterocycles. The highest BCUT2D eigenvalue weighted by molar-refractivity contribution is 5.83. The summed E-state index contributed by atoms with van der Waals surface area (Å²) in [6, 6.07) is 11.9. The van der Waals surface area contributed by atoms with Crippen LogP contribution < -0.4 is 10.6 Å². The lowest BCUT2D eigenvalue weighted by Gasteiger charge is -2.24. The Morgan fingerprint density at radius 1 is 1.18 bits per heavy atom. The van der Waals surface area contributed by atoms with Gasteiger partial charge >= 0.3 is 0 Å². The summed E-state index contributed by atoms with van der Waals surface area (Å²) in [4.78, 5) is 3.44. The van der Waals surface area contributed by atoms with Gasteiger partial charge in [0, 0.05) is 23.0 Å². The molecule has 88 valence electrons. The number of rotatable bonds is 2. The summed E-state index contributed by atoms with van der Waals surface area (Å²) in [7, 11) is 0. The van der Waals surface area contributed by atoms with Gasteiger partial charge in [0.15, 0.2) is 0 Å². The number of nitrogens with one attached hydrogen (secondary N) is 3. The summed E-state index contributed by atoms with van der Waals surface area (Å²) in [5.74, 6) is 2.05. The summed E-state index contributed by atoms with van der Waals surface area (Å²) in [5.41, 5.74) is 1.21. The van der Waals surface area contributed by atoms with Gasteiger partial charge in [-0.3, -0.25) is 0 Å². The minimum Gasteiger partial charge on any atom is -0.367 e. The minimum atomic E-state index is 0.599. The van der Waals surface area contributed by atoms with E-state index in [4.69, 9.17) is 0 Å². The standard InChI is InChI=1S/C14H17N3/c1-2-4-11-10(3-1)7-14(16-11)17-13-6-9-5-12(13)15-8-9/h1-4,7,9,12-13,15-17H,5-6,8H2/t9-,12+,13?/m1/s1. The zero-order valence-corrected chi connectivity index (χ0v) is 9.74. The fraction of sp³-hybridized carbons (Fsp3) is 0.429. The molecule has 2 bridgehead atoms. The monoisotopic (exact) mass is 227 g/mol. The van der Waals surface area contributed by atoms with E-state index < -0.39 is 0 Å². The van der Waals surface area contributed by atoms with Crippen molar-refractivity contribution in [1.82, 2.24) is 10.3 Å². The van der Waals surface area contributed by atoms with Crippen molar-refractivity contribution in [2.75, 3.05) is 11.9 Å². The van der Waals surface area contributed by atoms with Crippen LogP contribution in [-0.4, -0.2) is 23.6 Å². The second-order valence-corrected chi connectivity index (χ2v) is 5.37. The highest BCUT2D eigenvalue weighted by Crippen LogP contribution is 2.33. The molecule has 2 aliphatic rings. The smallest absolute Gasteiger partial charge is 0.104 e. The van der Waals surface area contributed by atoms with Crippen molar-refractivity contribution in [2.45, 2.75) is 24.9 Å². The fourth-order valence-electron chi connectivity index (χ4n) is 3.36. The number of aromatic nitrogens is 1. The third-order valence-corrected chi connectivity index (χ3v) is 4.20. The second-order valence-electron chi connectivity index (χ2n) is 5.37. The quantitative estimate of drug-likeness (QED) is 0.737. The molecule has 1 aromatic heterocycles. The van der Waals surface area contributed by atoms with E-state index in [1.165, 1.54) is 30.3 Å². The fourth-order valence-corrected chi connectivity index (χ4v) is 3.36. The van der Waals surface area contributed by atoms with E-state index in [1.807, 2.05) is 0 Å². The summed E-state index contributed by atoms with van der Waals surface area (Å²) in [5, 5.41) is 8.51. The van der Waals surface area contributed by atoms with Crippen molar-refractivity contribution in [1.29, 1.82) is 0 Å². The van der Waals surface area contributed by atoms with Gasteiger partial charge in [-0.25, -0.2) is 0 Å². The molecular weight excluding hydrogens is 210 g/mol. The summed E-state index contributed by atoms with van der Waals surface area (Å²) >= 11 is 0. The van der Waals surface area contributed by atoms with Gasteiger partial charge in [-0.2, -0.15) is 0 Å². The Balaban J connectivity index is 1.59. The average molecular weight is 227 g/mol. The Labute approximate surface area is 101 Å². The molecule has 1 unspecified atom stereocenters. The van der Waals surface area contributed by atoms with Crippen LogP contribution in [-0.2, 0) is 0 Å². The number of anilines is 1. The lowest BCUT2D eigenvalue weighted by atomic mass is 10.1. The van der Waals surface area contributed by atoms with Crippen LogP contribution in [0.4, 0.5) is 5.82 Å². The van der Waals surface area contributed by atoms with Crippen LogP contribution in [0, 0.1) is 5.92 Å². The molecule has 1 aliphatic heterocycles. The van der Waals surface area contributed by atoms with Gasteiger partial charge in [-0.1, -0.05) is 18.2 Å². The summed E-state index contributed by atoms with van der Waals surface area (Å²) < 4.78 is 0. The lowest BCUT2D eigenvalue weighted by molar-refractivity contribution is 0.466. The normalized spacial score (nSPS) is 31.2. The summed E-state index contributed by atoms with van der Waals surface area (Å²) in [6.45, 7) is 1.22. The average Bonchev–Trinajstić information content (AvgIpc) is 3.01. The molecule has 0 spiro atoms. The Morgan fingerprint density at radius 3 is 2.88 bits per heavy atom. The number of hydrogen-bond donors (Lipinski definition) is 3. The molecule has 3 atom stereocenters. The van der Waals surface area contributed by atoms with Gasteiger partial charge < -0.3 is 15.6 Å². The number of hydrogen-bond acceptors (Lipinski definition) is 2. The van der Waals surface area contributed by atoms with Gasteiger partial charge in [-0.05, 0) is 37.4 Å². The number of benzene rings is 1. The van der Waals surface area contributed by atoms with Gasteiger partial charge in [0.05, 0.1) is 0 Å². The van der Waals surface area contributed by atoms with Crippen molar-refractivity contribution in [3.63, 3.8) is 0 Å². The predicted octanol–water partition coefficient (Wildman–Crippen LogP) is 2.33. The first-order chi connectivity index (χ1) is 8.38. The van der Waals surface area contributed by atoms with E-state index in [0.29, 0.717) is 12.1 Å².